The van der Waals surface area contributed by atoms with Crippen LogP contribution in [0.1, 0.15) is 0 Å². The largest absolute Gasteiger partial charge is 0.276 e. The summed E-state index contributed by atoms with van der Waals surface area (Å²) in [6, 6.07) is 84.2. The molecule has 0 fully saturated rings. The monoisotopic (exact) mass is 801 g/mol. The van der Waals surface area contributed by atoms with Crippen LogP contribution >= 0.6 is 0 Å². The van der Waals surface area contributed by atoms with E-state index < -0.39 is 0 Å². The lowest BCUT2D eigenvalue weighted by atomic mass is 9.84. The molecule has 0 bridgehead atoms. The zero-order valence-corrected chi connectivity index (χ0v) is 34.4. The zero-order valence-electron chi connectivity index (χ0n) is 34.4. The average Bonchev–Trinajstić information content (AvgIpc) is 3.36. The Labute approximate surface area is 365 Å². The van der Waals surface area contributed by atoms with E-state index in [2.05, 4.69) is 206 Å². The molecule has 12 rings (SSSR count). The van der Waals surface area contributed by atoms with Gasteiger partial charge in [-0.2, -0.15) is 0 Å². The molecule has 0 atom stereocenters. The quantitative estimate of drug-likeness (QED) is 0.121. The number of fused-ring (bicyclic) bond motifs is 6. The molecule has 0 aliphatic rings. The Balaban J connectivity index is 1.09. The van der Waals surface area contributed by atoms with Crippen molar-refractivity contribution in [3.05, 3.63) is 247 Å². The van der Waals surface area contributed by atoms with E-state index in [0.29, 0.717) is 5.39 Å². The molecule has 0 aliphatic heterocycles. The lowest BCUT2D eigenvalue weighted by Gasteiger charge is -2.19. The number of hydrogen-bond donors (Lipinski definition) is 0. The van der Waals surface area contributed by atoms with Gasteiger partial charge in [0.05, 0.1) is 5.52 Å². The minimum Gasteiger partial charge on any atom is -0.276 e. The van der Waals surface area contributed by atoms with Crippen LogP contribution in [0.25, 0.3) is 115 Å². The van der Waals surface area contributed by atoms with Gasteiger partial charge in [0, 0.05) is 16.5 Å². The summed E-state index contributed by atoms with van der Waals surface area (Å²) in [7, 11) is 0. The lowest BCUT2D eigenvalue weighted by molar-refractivity contribution is 1.06. The van der Waals surface area contributed by atoms with Gasteiger partial charge < -0.3 is 0 Å². The molecule has 2 nitrogen and oxygen atoms in total. The molecule has 0 saturated heterocycles. The first kappa shape index (κ1) is 36.5. The lowest BCUT2D eigenvalue weighted by Crippen LogP contribution is -2.19. The Bertz CT molecular complexity index is 3770. The Kier molecular flexibility index (Phi) is 8.69. The first-order chi connectivity index (χ1) is 31.2. The molecule has 63 heavy (non-hydrogen) atoms. The highest BCUT2D eigenvalue weighted by molar-refractivity contribution is 6.22. The van der Waals surface area contributed by atoms with Crippen molar-refractivity contribution < 1.29 is 0 Å². The summed E-state index contributed by atoms with van der Waals surface area (Å²) in [6.07, 6.45) is 0. The molecule has 0 amide bonds. The number of hydrogen-bond acceptors (Lipinski definition) is 1. The van der Waals surface area contributed by atoms with Crippen LogP contribution in [0.4, 0.5) is 0 Å². The van der Waals surface area contributed by atoms with Gasteiger partial charge in [-0.3, -0.25) is 9.36 Å². The number of nitrogens with zero attached hydrogens (tertiary/aromatic N) is 1. The molecule has 0 radical (unpaired) electrons. The molecule has 0 N–H and O–H groups in total. The predicted octanol–water partition coefficient (Wildman–Crippen LogP) is 15.9. The number of rotatable bonds is 6. The van der Waals surface area contributed by atoms with Crippen LogP contribution in [0.5, 0.6) is 0 Å². The molecule has 0 saturated carbocycles. The molecule has 294 valence electrons. The average molecular weight is 802 g/mol. The van der Waals surface area contributed by atoms with Gasteiger partial charge in [0.1, 0.15) is 0 Å². The molecule has 0 aliphatic carbocycles. The fourth-order valence-corrected chi connectivity index (χ4v) is 9.73. The second-order valence-electron chi connectivity index (χ2n) is 16.4. The Morgan fingerprint density at radius 1 is 0.254 bits per heavy atom. The standard InChI is InChI=1S/C61H39NO/c63-61-55-22-12-9-19-51(55)56-38-49(33-36-58(56)62(61)50-34-31-42-17-7-8-18-47(42)37-50)48-32-35-54-57(39-48)60(46-29-25-44(26-30-46)41-15-5-2-6-16-41)53-21-11-10-20-52(53)59(54)45-27-23-43(24-28-45)40-13-3-1-4-14-40/h1-39H. The van der Waals surface area contributed by atoms with E-state index in [1.54, 1.807) is 0 Å². The first-order valence-corrected chi connectivity index (χ1v) is 21.5. The number of pyridine rings is 1. The van der Waals surface area contributed by atoms with E-state index in [4.69, 9.17) is 0 Å². The summed E-state index contributed by atoms with van der Waals surface area (Å²) in [4.78, 5) is 14.4. The molecule has 0 unspecified atom stereocenters. The van der Waals surface area contributed by atoms with Crippen molar-refractivity contribution in [3.8, 4) is 61.3 Å². The maximum Gasteiger partial charge on any atom is 0.263 e. The summed E-state index contributed by atoms with van der Waals surface area (Å²) in [5.74, 6) is 0. The van der Waals surface area contributed by atoms with Crippen molar-refractivity contribution in [3.63, 3.8) is 0 Å². The van der Waals surface area contributed by atoms with Crippen molar-refractivity contribution in [2.75, 3.05) is 0 Å². The predicted molar refractivity (Wildman–Crippen MR) is 267 cm³/mol. The summed E-state index contributed by atoms with van der Waals surface area (Å²) in [6.45, 7) is 0. The van der Waals surface area contributed by atoms with Crippen LogP contribution in [0.15, 0.2) is 241 Å². The van der Waals surface area contributed by atoms with E-state index in [-0.39, 0.29) is 5.56 Å². The topological polar surface area (TPSA) is 22.0 Å². The molecular formula is C61H39NO. The maximum atomic E-state index is 14.4. The third kappa shape index (κ3) is 6.23. The summed E-state index contributed by atoms with van der Waals surface area (Å²) >= 11 is 0. The fourth-order valence-electron chi connectivity index (χ4n) is 9.73. The molecule has 11 aromatic carbocycles. The second-order valence-corrected chi connectivity index (χ2v) is 16.4. The Morgan fingerprint density at radius 2 is 0.683 bits per heavy atom. The third-order valence-electron chi connectivity index (χ3n) is 12.8. The van der Waals surface area contributed by atoms with Crippen LogP contribution in [-0.4, -0.2) is 4.57 Å². The van der Waals surface area contributed by atoms with Gasteiger partial charge in [-0.1, -0.05) is 200 Å². The van der Waals surface area contributed by atoms with Crippen molar-refractivity contribution in [2.24, 2.45) is 0 Å². The van der Waals surface area contributed by atoms with Crippen LogP contribution < -0.4 is 5.56 Å². The fraction of sp³-hybridized carbons (Fsp3) is 0. The SMILES string of the molecule is O=c1c2ccccc2c2cc(-c3ccc4c(-c5ccc(-c6ccccc6)cc5)c5ccccc5c(-c5ccc(-c6ccccc6)cc5)c4c3)ccc2n1-c1ccc2ccccc2c1. The van der Waals surface area contributed by atoms with Gasteiger partial charge in [-0.05, 0) is 130 Å². The molecule has 0 spiro atoms. The van der Waals surface area contributed by atoms with E-state index in [0.717, 1.165) is 43.9 Å². The Hall–Kier alpha value is -8.33. The minimum absolute atomic E-state index is 0.0223. The molecule has 1 aromatic heterocycles. The minimum atomic E-state index is -0.0223. The molecule has 12 aromatic rings. The summed E-state index contributed by atoms with van der Waals surface area (Å²) < 4.78 is 1.88. The number of benzene rings is 11. The second kappa shape index (κ2) is 15.0. The highest BCUT2D eigenvalue weighted by Crippen LogP contribution is 2.46. The number of aromatic nitrogens is 1. The van der Waals surface area contributed by atoms with E-state index in [1.165, 1.54) is 66.1 Å². The van der Waals surface area contributed by atoms with Gasteiger partial charge >= 0.3 is 0 Å². The van der Waals surface area contributed by atoms with Crippen LogP contribution in [0.2, 0.25) is 0 Å². The van der Waals surface area contributed by atoms with Crippen molar-refractivity contribution >= 4 is 54.0 Å². The van der Waals surface area contributed by atoms with Gasteiger partial charge in [-0.25, -0.2) is 0 Å². The third-order valence-corrected chi connectivity index (χ3v) is 12.8. The van der Waals surface area contributed by atoms with Gasteiger partial charge in [-0.15, -0.1) is 0 Å². The van der Waals surface area contributed by atoms with Gasteiger partial charge in [0.25, 0.3) is 5.56 Å². The van der Waals surface area contributed by atoms with E-state index in [1.807, 2.05) is 34.9 Å². The van der Waals surface area contributed by atoms with Crippen LogP contribution in [-0.2, 0) is 0 Å². The summed E-state index contributed by atoms with van der Waals surface area (Å²) in [5, 5.41) is 9.73. The highest BCUT2D eigenvalue weighted by Gasteiger charge is 2.19. The van der Waals surface area contributed by atoms with E-state index >= 15 is 0 Å². The molecule has 2 heteroatoms. The van der Waals surface area contributed by atoms with Crippen LogP contribution in [0, 0.1) is 0 Å². The van der Waals surface area contributed by atoms with Gasteiger partial charge in [0.15, 0.2) is 0 Å². The van der Waals surface area contributed by atoms with Crippen molar-refractivity contribution in [2.45, 2.75) is 0 Å². The zero-order chi connectivity index (χ0) is 41.9. The summed E-state index contributed by atoms with van der Waals surface area (Å²) in [5.41, 5.74) is 13.5. The first-order valence-electron chi connectivity index (χ1n) is 21.5. The smallest absolute Gasteiger partial charge is 0.263 e. The normalized spacial score (nSPS) is 11.6. The highest BCUT2D eigenvalue weighted by atomic mass is 16.1. The molecular weight excluding hydrogens is 763 g/mol. The van der Waals surface area contributed by atoms with E-state index in [9.17, 15) is 4.79 Å². The van der Waals surface area contributed by atoms with Gasteiger partial charge in [0.2, 0.25) is 0 Å². The van der Waals surface area contributed by atoms with Crippen molar-refractivity contribution in [1.29, 1.82) is 0 Å². The Morgan fingerprint density at radius 3 is 1.30 bits per heavy atom. The maximum absolute atomic E-state index is 14.4. The molecule has 1 heterocycles. The van der Waals surface area contributed by atoms with Crippen LogP contribution in [0.3, 0.4) is 0 Å². The van der Waals surface area contributed by atoms with Crippen molar-refractivity contribution in [1.82, 2.24) is 4.57 Å².